The smallest absolute Gasteiger partial charge is 0.191 e. The summed E-state index contributed by atoms with van der Waals surface area (Å²) in [4.78, 5) is 41.3. The van der Waals surface area contributed by atoms with Crippen molar-refractivity contribution in [2.24, 2.45) is 0 Å². The van der Waals surface area contributed by atoms with E-state index in [2.05, 4.69) is 13.8 Å². The van der Waals surface area contributed by atoms with Crippen LogP contribution in [0.2, 0.25) is 0 Å². The topological polar surface area (TPSA) is 361 Å². The van der Waals surface area contributed by atoms with Gasteiger partial charge in [-0.1, -0.05) is 0 Å². The van der Waals surface area contributed by atoms with Crippen LogP contribution in [-0.4, -0.2) is 52.6 Å². The SMILES string of the molecule is O=P([O-])([O-])OCC1OC(OP(=O)([O-])[O-])C(O)C(O)C1O.[NH4+].[NH4+].[NH4+].[NH4+]. The third-order valence-electron chi connectivity index (χ3n) is 2.30. The van der Waals surface area contributed by atoms with Gasteiger partial charge in [-0.2, -0.15) is 0 Å². The van der Waals surface area contributed by atoms with E-state index in [4.69, 9.17) is 0 Å². The molecule has 1 heterocycles. The highest BCUT2D eigenvalue weighted by Crippen LogP contribution is 2.34. The predicted octanol–water partition coefficient (Wildman–Crippen LogP) is -4.01. The number of aliphatic hydroxyl groups is 3. The summed E-state index contributed by atoms with van der Waals surface area (Å²) in [6.07, 6.45) is -9.92. The fourth-order valence-corrected chi connectivity index (χ4v) is 2.19. The number of phosphoric ester groups is 2. The van der Waals surface area contributed by atoms with Crippen LogP contribution in [0.1, 0.15) is 0 Å². The highest BCUT2D eigenvalue weighted by molar-refractivity contribution is 7.43. The molecule has 152 valence electrons. The number of quaternary nitrogens is 4. The molecular weight excluding hydrogens is 382 g/mol. The van der Waals surface area contributed by atoms with Gasteiger partial charge in [0.2, 0.25) is 0 Å². The monoisotopic (exact) mass is 408 g/mol. The van der Waals surface area contributed by atoms with Crippen molar-refractivity contribution < 1.29 is 57.8 Å². The Bertz CT molecular complexity index is 428. The van der Waals surface area contributed by atoms with Gasteiger partial charge in [0.05, 0.1) is 22.3 Å². The third-order valence-corrected chi connectivity index (χ3v) is 3.23. The van der Waals surface area contributed by atoms with Crippen molar-refractivity contribution in [3.05, 3.63) is 0 Å². The molecule has 0 aromatic carbocycles. The zero-order chi connectivity index (χ0) is 15.7. The summed E-state index contributed by atoms with van der Waals surface area (Å²) < 4.78 is 32.8. The van der Waals surface area contributed by atoms with Gasteiger partial charge in [-0.05, 0) is 0 Å². The van der Waals surface area contributed by atoms with E-state index >= 15 is 0 Å². The lowest BCUT2D eigenvalue weighted by Gasteiger charge is -2.44. The molecule has 0 aliphatic carbocycles. The zero-order valence-corrected chi connectivity index (χ0v) is 15.3. The van der Waals surface area contributed by atoms with Gasteiger partial charge in [0.1, 0.15) is 24.4 Å². The van der Waals surface area contributed by atoms with Crippen LogP contribution >= 0.6 is 15.6 Å². The van der Waals surface area contributed by atoms with E-state index in [1.165, 1.54) is 0 Å². The maximum Gasteiger partial charge on any atom is 0.191 e. The van der Waals surface area contributed by atoms with Crippen LogP contribution in [0.3, 0.4) is 0 Å². The van der Waals surface area contributed by atoms with E-state index in [-0.39, 0.29) is 24.6 Å². The Balaban J connectivity index is -0.000000500. The number of phosphoric acid groups is 2. The molecule has 0 saturated carbocycles. The maximum absolute atomic E-state index is 10.4. The standard InChI is InChI=1S/C6H14O12P2.4H3N/c7-3-2(1-16-19(10,11)12)17-6(5(9)4(3)8)18-20(13,14)15;;;;/h2-9H,1H2,(H2,10,11,12)(H2,13,14,15);4*1H3. The van der Waals surface area contributed by atoms with Crippen LogP contribution in [0.15, 0.2) is 0 Å². The molecule has 1 rings (SSSR count). The molecule has 0 bridgehead atoms. The number of aliphatic hydroxyl groups excluding tert-OH is 3. The van der Waals surface area contributed by atoms with Crippen LogP contribution in [0.4, 0.5) is 0 Å². The molecule has 0 spiro atoms. The molecule has 19 N–H and O–H groups in total. The molecule has 1 aliphatic rings. The molecule has 1 aliphatic heterocycles. The van der Waals surface area contributed by atoms with Crippen LogP contribution < -0.4 is 44.2 Å². The van der Waals surface area contributed by atoms with Gasteiger partial charge < -0.3 is 82.4 Å². The Morgan fingerprint density at radius 2 is 1.29 bits per heavy atom. The number of rotatable bonds is 5. The Kier molecular flexibility index (Phi) is 15.2. The average Bonchev–Trinajstić information content (AvgIpc) is 2.25. The van der Waals surface area contributed by atoms with Crippen molar-refractivity contribution in [3.8, 4) is 0 Å². The van der Waals surface area contributed by atoms with E-state index in [0.29, 0.717) is 0 Å². The molecule has 0 radical (unpaired) electrons. The van der Waals surface area contributed by atoms with Crippen molar-refractivity contribution in [2.45, 2.75) is 30.7 Å². The molecule has 5 unspecified atom stereocenters. The fraction of sp³-hybridized carbons (Fsp3) is 1.00. The van der Waals surface area contributed by atoms with Gasteiger partial charge in [-0.25, -0.2) is 0 Å². The summed E-state index contributed by atoms with van der Waals surface area (Å²) in [5, 5.41) is 28.1. The maximum atomic E-state index is 10.4. The van der Waals surface area contributed by atoms with Crippen molar-refractivity contribution in [1.82, 2.24) is 24.6 Å². The van der Waals surface area contributed by atoms with Gasteiger partial charge in [0.15, 0.2) is 6.29 Å². The lowest BCUT2D eigenvalue weighted by Crippen LogP contribution is -2.59. The van der Waals surface area contributed by atoms with Gasteiger partial charge in [-0.3, -0.25) is 0 Å². The second-order valence-electron chi connectivity index (χ2n) is 3.81. The van der Waals surface area contributed by atoms with E-state index < -0.39 is 53.0 Å². The summed E-state index contributed by atoms with van der Waals surface area (Å²) >= 11 is 0. The highest BCUT2D eigenvalue weighted by atomic mass is 31.2. The molecule has 24 heavy (non-hydrogen) atoms. The first-order chi connectivity index (χ1) is 8.91. The minimum Gasteiger partial charge on any atom is -0.790 e. The third kappa shape index (κ3) is 10.0. The average molecular weight is 408 g/mol. The first-order valence-corrected chi connectivity index (χ1v) is 7.89. The van der Waals surface area contributed by atoms with E-state index in [0.717, 1.165) is 0 Å². The van der Waals surface area contributed by atoms with Crippen LogP contribution in [-0.2, 0) is 22.9 Å². The number of hydrogen-bond donors (Lipinski definition) is 7. The first kappa shape index (κ1) is 31.6. The Morgan fingerprint density at radius 3 is 1.67 bits per heavy atom. The van der Waals surface area contributed by atoms with Gasteiger partial charge in [-0.15, -0.1) is 0 Å². The Hall–Kier alpha value is -0.100. The first-order valence-electron chi connectivity index (χ1n) is 4.97. The Labute approximate surface area is 136 Å². The fourth-order valence-electron chi connectivity index (χ4n) is 1.43. The summed E-state index contributed by atoms with van der Waals surface area (Å²) in [6, 6.07) is 0. The molecule has 5 atom stereocenters. The normalized spacial score (nSPS) is 30.0. The summed E-state index contributed by atoms with van der Waals surface area (Å²) in [7, 11) is -11.0. The molecule has 1 fully saturated rings. The number of ether oxygens (including phenoxy) is 1. The van der Waals surface area contributed by atoms with E-state index in [1.807, 2.05) is 0 Å². The highest BCUT2D eigenvalue weighted by Gasteiger charge is 2.44. The number of hydrogen-bond acceptors (Lipinski definition) is 12. The summed E-state index contributed by atoms with van der Waals surface area (Å²) in [5.74, 6) is 0. The lowest BCUT2D eigenvalue weighted by molar-refractivity contribution is -0.371. The van der Waals surface area contributed by atoms with E-state index in [9.17, 15) is 44.0 Å². The Morgan fingerprint density at radius 1 is 0.833 bits per heavy atom. The van der Waals surface area contributed by atoms with Crippen molar-refractivity contribution in [3.63, 3.8) is 0 Å². The second-order valence-corrected chi connectivity index (χ2v) is 6.07. The molecule has 1 saturated heterocycles. The molecule has 18 heteroatoms. The minimum absolute atomic E-state index is 0. The molecular formula is C6H26N4O12P2. The van der Waals surface area contributed by atoms with Crippen LogP contribution in [0.25, 0.3) is 0 Å². The quantitative estimate of drug-likeness (QED) is 0.214. The summed E-state index contributed by atoms with van der Waals surface area (Å²) in [5.41, 5.74) is 0. The van der Waals surface area contributed by atoms with Crippen molar-refractivity contribution in [2.75, 3.05) is 6.61 Å². The predicted molar refractivity (Wildman–Crippen MR) is 72.9 cm³/mol. The largest absolute Gasteiger partial charge is 0.790 e. The van der Waals surface area contributed by atoms with Crippen molar-refractivity contribution >= 4 is 15.6 Å². The van der Waals surface area contributed by atoms with Crippen molar-refractivity contribution in [1.29, 1.82) is 0 Å². The molecule has 0 aromatic rings. The molecule has 0 amide bonds. The molecule has 0 aromatic heterocycles. The van der Waals surface area contributed by atoms with Gasteiger partial charge in [0.25, 0.3) is 0 Å². The molecule has 16 nitrogen and oxygen atoms in total. The zero-order valence-electron chi connectivity index (χ0n) is 13.5. The van der Waals surface area contributed by atoms with Crippen LogP contribution in [0, 0.1) is 0 Å². The minimum atomic E-state index is -5.59. The second kappa shape index (κ2) is 11.5. The van der Waals surface area contributed by atoms with Gasteiger partial charge >= 0.3 is 0 Å². The summed E-state index contributed by atoms with van der Waals surface area (Å²) in [6.45, 7) is -1.07. The lowest BCUT2D eigenvalue weighted by atomic mass is 10.00. The van der Waals surface area contributed by atoms with E-state index in [1.54, 1.807) is 0 Å². The van der Waals surface area contributed by atoms with Crippen LogP contribution in [0.5, 0.6) is 0 Å². The van der Waals surface area contributed by atoms with Gasteiger partial charge in [0, 0.05) is 0 Å².